The second-order valence-corrected chi connectivity index (χ2v) is 4.79. The summed E-state index contributed by atoms with van der Waals surface area (Å²) in [5.74, 6) is -1.29. The number of rotatable bonds is 4. The minimum atomic E-state index is -1.31. The molecule has 7 heteroatoms. The Labute approximate surface area is 112 Å². The molecular weight excluding hydrogens is 268 g/mol. The van der Waals surface area contributed by atoms with Crippen molar-refractivity contribution < 1.29 is 19.8 Å². The Morgan fingerprint density at radius 2 is 2.11 bits per heavy atom. The first-order valence-electron chi connectivity index (χ1n) is 5.48. The van der Waals surface area contributed by atoms with Crippen LogP contribution in [0.2, 0.25) is 0 Å². The van der Waals surface area contributed by atoms with Crippen molar-refractivity contribution in [2.75, 3.05) is 11.9 Å². The van der Waals surface area contributed by atoms with Gasteiger partial charge in [0.2, 0.25) is 0 Å². The lowest BCUT2D eigenvalue weighted by Crippen LogP contribution is -2.45. The van der Waals surface area contributed by atoms with Crippen LogP contribution in [0.25, 0.3) is 10.1 Å². The predicted molar refractivity (Wildman–Crippen MR) is 72.5 cm³/mol. The number of hydrogen-bond acceptors (Lipinski definition) is 4. The third kappa shape index (κ3) is 3.21. The van der Waals surface area contributed by atoms with Gasteiger partial charge < -0.3 is 20.8 Å². The van der Waals surface area contributed by atoms with E-state index in [1.165, 1.54) is 0 Å². The van der Waals surface area contributed by atoms with Crippen LogP contribution in [0, 0.1) is 0 Å². The maximum atomic E-state index is 11.6. The van der Waals surface area contributed by atoms with Gasteiger partial charge >= 0.3 is 12.0 Å². The molecule has 2 amide bonds. The zero-order valence-electron chi connectivity index (χ0n) is 9.79. The number of benzene rings is 1. The molecule has 0 aliphatic rings. The fraction of sp³-hybridized carbons (Fsp3) is 0.167. The van der Waals surface area contributed by atoms with Crippen LogP contribution in [0.5, 0.6) is 0 Å². The molecule has 4 N–H and O–H groups in total. The number of carboxylic acids is 1. The molecule has 0 radical (unpaired) electrons. The van der Waals surface area contributed by atoms with Gasteiger partial charge in [-0.05, 0) is 35.0 Å². The number of thiophene rings is 1. The molecule has 0 saturated carbocycles. The predicted octanol–water partition coefficient (Wildman–Crippen LogP) is 1.47. The molecule has 1 unspecified atom stereocenters. The number of anilines is 1. The van der Waals surface area contributed by atoms with Crippen molar-refractivity contribution in [3.05, 3.63) is 29.6 Å². The fourth-order valence-electron chi connectivity index (χ4n) is 1.56. The fourth-order valence-corrected chi connectivity index (χ4v) is 2.33. The summed E-state index contributed by atoms with van der Waals surface area (Å²) >= 11 is 1.59. The van der Waals surface area contributed by atoms with Crippen LogP contribution in [-0.2, 0) is 4.79 Å². The van der Waals surface area contributed by atoms with Crippen molar-refractivity contribution in [1.82, 2.24) is 5.32 Å². The Hall–Kier alpha value is -2.12. The lowest BCUT2D eigenvalue weighted by Gasteiger charge is -2.12. The summed E-state index contributed by atoms with van der Waals surface area (Å²) < 4.78 is 1.10. The largest absolute Gasteiger partial charge is 0.480 e. The van der Waals surface area contributed by atoms with Crippen LogP contribution >= 0.6 is 11.3 Å². The van der Waals surface area contributed by atoms with E-state index in [4.69, 9.17) is 10.2 Å². The third-order valence-corrected chi connectivity index (χ3v) is 3.39. The molecule has 0 saturated heterocycles. The first-order chi connectivity index (χ1) is 9.10. The van der Waals surface area contributed by atoms with Gasteiger partial charge in [0.15, 0.2) is 6.04 Å². The lowest BCUT2D eigenvalue weighted by molar-refractivity contribution is -0.140. The second kappa shape index (κ2) is 5.68. The van der Waals surface area contributed by atoms with Crippen molar-refractivity contribution in [2.45, 2.75) is 6.04 Å². The van der Waals surface area contributed by atoms with Gasteiger partial charge in [0, 0.05) is 10.4 Å². The van der Waals surface area contributed by atoms with Gasteiger partial charge in [-0.2, -0.15) is 0 Å². The molecule has 0 aliphatic carbocycles. The molecule has 2 rings (SSSR count). The maximum Gasteiger partial charge on any atom is 0.328 e. The molecule has 1 heterocycles. The Bertz CT molecular complexity index is 611. The number of urea groups is 1. The Morgan fingerprint density at radius 1 is 1.32 bits per heavy atom. The quantitative estimate of drug-likeness (QED) is 0.681. The van der Waals surface area contributed by atoms with E-state index < -0.39 is 24.6 Å². The summed E-state index contributed by atoms with van der Waals surface area (Å²) in [4.78, 5) is 22.2. The molecule has 100 valence electrons. The van der Waals surface area contributed by atoms with E-state index in [-0.39, 0.29) is 0 Å². The van der Waals surface area contributed by atoms with E-state index in [0.717, 1.165) is 10.1 Å². The van der Waals surface area contributed by atoms with E-state index >= 15 is 0 Å². The highest BCUT2D eigenvalue weighted by molar-refractivity contribution is 7.17. The van der Waals surface area contributed by atoms with Crippen molar-refractivity contribution in [1.29, 1.82) is 0 Å². The highest BCUT2D eigenvalue weighted by atomic mass is 32.1. The first-order valence-corrected chi connectivity index (χ1v) is 6.36. The number of aliphatic hydroxyl groups excluding tert-OH is 1. The average molecular weight is 280 g/mol. The summed E-state index contributed by atoms with van der Waals surface area (Å²) in [5, 5.41) is 25.1. The third-order valence-electron chi connectivity index (χ3n) is 2.50. The summed E-state index contributed by atoms with van der Waals surface area (Å²) in [6, 6.07) is 5.33. The van der Waals surface area contributed by atoms with Crippen LogP contribution < -0.4 is 10.6 Å². The molecule has 2 aromatic rings. The minimum absolute atomic E-state index is 0.561. The highest BCUT2D eigenvalue weighted by Gasteiger charge is 2.18. The second-order valence-electron chi connectivity index (χ2n) is 3.85. The number of carbonyl (C=O) groups is 2. The van der Waals surface area contributed by atoms with Crippen LogP contribution in [0.3, 0.4) is 0 Å². The average Bonchev–Trinajstić information content (AvgIpc) is 2.82. The van der Waals surface area contributed by atoms with E-state index in [1.807, 2.05) is 17.5 Å². The molecular formula is C12H12N2O4S. The van der Waals surface area contributed by atoms with Gasteiger partial charge in [0.25, 0.3) is 0 Å². The monoisotopic (exact) mass is 280 g/mol. The number of carbonyl (C=O) groups excluding carboxylic acids is 1. The first kappa shape index (κ1) is 13.3. The summed E-state index contributed by atoms with van der Waals surface area (Å²) in [6.45, 7) is -0.660. The normalized spacial score (nSPS) is 12.1. The smallest absolute Gasteiger partial charge is 0.328 e. The highest BCUT2D eigenvalue weighted by Crippen LogP contribution is 2.23. The molecule has 0 aliphatic heterocycles. The van der Waals surface area contributed by atoms with Gasteiger partial charge in [-0.25, -0.2) is 9.59 Å². The van der Waals surface area contributed by atoms with Gasteiger partial charge in [0.05, 0.1) is 6.61 Å². The van der Waals surface area contributed by atoms with Gasteiger partial charge in [-0.3, -0.25) is 0 Å². The van der Waals surface area contributed by atoms with Crippen molar-refractivity contribution >= 4 is 39.1 Å². The van der Waals surface area contributed by atoms with Crippen molar-refractivity contribution in [3.8, 4) is 0 Å². The minimum Gasteiger partial charge on any atom is -0.480 e. The topological polar surface area (TPSA) is 98.7 Å². The van der Waals surface area contributed by atoms with Crippen LogP contribution in [0.1, 0.15) is 0 Å². The van der Waals surface area contributed by atoms with Crippen LogP contribution in [0.4, 0.5) is 10.5 Å². The zero-order valence-corrected chi connectivity index (χ0v) is 10.6. The number of fused-ring (bicyclic) bond motifs is 1. The summed E-state index contributed by atoms with van der Waals surface area (Å²) in [7, 11) is 0. The molecule has 0 fully saturated rings. The molecule has 1 atom stereocenters. The maximum absolute atomic E-state index is 11.6. The summed E-state index contributed by atoms with van der Waals surface area (Å²) in [6.07, 6.45) is 0. The lowest BCUT2D eigenvalue weighted by atomic mass is 10.2. The van der Waals surface area contributed by atoms with E-state index in [9.17, 15) is 9.59 Å². The Morgan fingerprint density at radius 3 is 2.79 bits per heavy atom. The summed E-state index contributed by atoms with van der Waals surface area (Å²) in [5.41, 5.74) is 0.561. The zero-order chi connectivity index (χ0) is 13.8. The SMILES string of the molecule is O=C(Nc1ccc2sccc2c1)NC(CO)C(=O)O. The number of amides is 2. The van der Waals surface area contributed by atoms with Gasteiger partial charge in [-0.1, -0.05) is 0 Å². The molecule has 1 aromatic heterocycles. The molecule has 6 nitrogen and oxygen atoms in total. The number of aliphatic carboxylic acids is 1. The molecule has 0 spiro atoms. The van der Waals surface area contributed by atoms with Crippen molar-refractivity contribution in [3.63, 3.8) is 0 Å². The van der Waals surface area contributed by atoms with E-state index in [0.29, 0.717) is 5.69 Å². The Balaban J connectivity index is 2.03. The van der Waals surface area contributed by atoms with E-state index in [2.05, 4.69) is 10.6 Å². The number of nitrogens with one attached hydrogen (secondary N) is 2. The van der Waals surface area contributed by atoms with E-state index in [1.54, 1.807) is 23.5 Å². The molecule has 19 heavy (non-hydrogen) atoms. The molecule has 0 bridgehead atoms. The van der Waals surface area contributed by atoms with Crippen LogP contribution in [-0.4, -0.2) is 34.9 Å². The molecule has 1 aromatic carbocycles. The van der Waals surface area contributed by atoms with Gasteiger partial charge in [-0.15, -0.1) is 11.3 Å². The van der Waals surface area contributed by atoms with Crippen molar-refractivity contribution in [2.24, 2.45) is 0 Å². The number of carboxylic acid groups (broad SMARTS) is 1. The standard InChI is InChI=1S/C12H12N2O4S/c15-6-9(11(16)17)14-12(18)13-8-1-2-10-7(5-8)3-4-19-10/h1-5,9,15H,6H2,(H,16,17)(H2,13,14,18). The number of hydrogen-bond donors (Lipinski definition) is 4. The number of aliphatic hydroxyl groups is 1. The van der Waals surface area contributed by atoms with Gasteiger partial charge in [0.1, 0.15) is 0 Å². The Kier molecular flexibility index (Phi) is 3.98. The van der Waals surface area contributed by atoms with Crippen LogP contribution in [0.15, 0.2) is 29.6 Å².